The highest BCUT2D eigenvalue weighted by molar-refractivity contribution is 7.74. The summed E-state index contributed by atoms with van der Waals surface area (Å²) in [5.41, 5.74) is 0. The highest BCUT2D eigenvalue weighted by Crippen LogP contribution is 2.39. The second-order valence-corrected chi connectivity index (χ2v) is 7.29. The fourth-order valence-corrected chi connectivity index (χ4v) is 4.70. The van der Waals surface area contributed by atoms with Crippen molar-refractivity contribution in [2.75, 3.05) is 5.32 Å². The van der Waals surface area contributed by atoms with Crippen LogP contribution in [0.5, 0.6) is 0 Å². The third-order valence-corrected chi connectivity index (χ3v) is 5.97. The molecule has 2 N–H and O–H groups in total. The van der Waals surface area contributed by atoms with Crippen molar-refractivity contribution in [3.8, 4) is 0 Å². The van der Waals surface area contributed by atoms with Crippen LogP contribution in [-0.2, 0) is 4.79 Å². The van der Waals surface area contributed by atoms with Gasteiger partial charge in [0.15, 0.2) is 5.78 Å². The molecule has 24 heavy (non-hydrogen) atoms. The van der Waals surface area contributed by atoms with Crippen LogP contribution in [0, 0.1) is 0 Å². The minimum absolute atomic E-state index is 0.310. The quantitative estimate of drug-likeness (QED) is 0.676. The van der Waals surface area contributed by atoms with E-state index in [1.165, 1.54) is 0 Å². The number of hydrogen-bond donors (Lipinski definition) is 2. The number of anilines is 1. The Labute approximate surface area is 141 Å². The van der Waals surface area contributed by atoms with Gasteiger partial charge in [0.05, 0.1) is 0 Å². The molecule has 3 rings (SSSR count). The van der Waals surface area contributed by atoms with Crippen LogP contribution < -0.4 is 15.9 Å². The van der Waals surface area contributed by atoms with Crippen LogP contribution in [-0.4, -0.2) is 26.8 Å². The molecule has 0 saturated heterocycles. The van der Waals surface area contributed by atoms with Crippen molar-refractivity contribution >= 4 is 30.4 Å². The molecule has 120 valence electrons. The van der Waals surface area contributed by atoms with E-state index in [0.717, 1.165) is 10.6 Å². The summed E-state index contributed by atoms with van der Waals surface area (Å²) in [4.78, 5) is 20.2. The molecule has 0 aliphatic rings. The summed E-state index contributed by atoms with van der Waals surface area (Å²) < 4.78 is 0. The van der Waals surface area contributed by atoms with Crippen molar-refractivity contribution in [3.05, 3.63) is 79.1 Å². The molecule has 0 aliphatic heterocycles. The number of rotatable bonds is 6. The Hall–Kier alpha value is -2.78. The molecule has 1 aromatic heterocycles. The first-order valence-corrected chi connectivity index (χ1v) is 8.82. The number of carboxylic acid groups (broad SMARTS) is 1. The third-order valence-electron chi connectivity index (χ3n) is 3.39. The van der Waals surface area contributed by atoms with E-state index < -0.39 is 19.7 Å². The van der Waals surface area contributed by atoms with E-state index in [0.29, 0.717) is 5.95 Å². The van der Waals surface area contributed by atoms with Gasteiger partial charge in [-0.25, -0.2) is 14.8 Å². The third kappa shape index (κ3) is 3.76. The van der Waals surface area contributed by atoms with Crippen molar-refractivity contribution in [1.29, 1.82) is 0 Å². The molecule has 3 aromatic rings. The molecular weight excluding hydrogens is 321 g/mol. The minimum Gasteiger partial charge on any atom is -0.479 e. The monoisotopic (exact) mass is 337 g/mol. The van der Waals surface area contributed by atoms with Crippen molar-refractivity contribution < 1.29 is 9.90 Å². The van der Waals surface area contributed by atoms with E-state index in [4.69, 9.17) is 0 Å². The smallest absolute Gasteiger partial charge is 0.331 e. The maximum atomic E-state index is 12.0. The van der Waals surface area contributed by atoms with E-state index in [1.54, 1.807) is 18.5 Å². The molecule has 0 bridgehead atoms. The SMILES string of the molecule is O=C(O)C(Nc1ncccn1)P(c1ccccc1)c1ccccc1. The number of nitrogens with one attached hydrogen (secondary N) is 1. The standard InChI is InChI=1S/C18H16N3O2P/c22-17(23)16(21-18-19-12-7-13-20-18)24(14-8-3-1-4-9-14)15-10-5-2-6-11-15/h1-13,16H,(H,22,23)(H,19,20,21). The van der Waals surface area contributed by atoms with Gasteiger partial charge in [-0.3, -0.25) is 0 Å². The Bertz CT molecular complexity index is 746. The fourth-order valence-electron chi connectivity index (χ4n) is 2.36. The zero-order chi connectivity index (χ0) is 16.8. The fraction of sp³-hybridized carbons (Fsp3) is 0.0556. The van der Waals surface area contributed by atoms with Crippen LogP contribution in [0.4, 0.5) is 5.95 Å². The van der Waals surface area contributed by atoms with Crippen LogP contribution in [0.3, 0.4) is 0 Å². The molecule has 0 saturated carbocycles. The van der Waals surface area contributed by atoms with Crippen LogP contribution in [0.2, 0.25) is 0 Å². The second kappa shape index (κ2) is 7.66. The van der Waals surface area contributed by atoms with Gasteiger partial charge in [-0.1, -0.05) is 60.7 Å². The molecule has 0 aliphatic carbocycles. The van der Waals surface area contributed by atoms with Gasteiger partial charge < -0.3 is 10.4 Å². The average molecular weight is 337 g/mol. The number of carbonyl (C=O) groups is 1. The highest BCUT2D eigenvalue weighted by Gasteiger charge is 2.31. The lowest BCUT2D eigenvalue weighted by Crippen LogP contribution is -2.35. The first kappa shape index (κ1) is 16.1. The highest BCUT2D eigenvalue weighted by atomic mass is 31.1. The molecular formula is C18H16N3O2P. The lowest BCUT2D eigenvalue weighted by Gasteiger charge is -2.26. The van der Waals surface area contributed by atoms with Gasteiger partial charge in [0.1, 0.15) is 0 Å². The zero-order valence-electron chi connectivity index (χ0n) is 12.8. The Kier molecular flexibility index (Phi) is 5.14. The van der Waals surface area contributed by atoms with Gasteiger partial charge in [0.25, 0.3) is 0 Å². The zero-order valence-corrected chi connectivity index (χ0v) is 13.7. The van der Waals surface area contributed by atoms with Crippen molar-refractivity contribution in [2.24, 2.45) is 0 Å². The molecule has 0 fully saturated rings. The van der Waals surface area contributed by atoms with Crippen LogP contribution in [0.15, 0.2) is 79.1 Å². The predicted molar refractivity (Wildman–Crippen MR) is 96.2 cm³/mol. The first-order valence-electron chi connectivity index (χ1n) is 7.41. The Morgan fingerprint density at radius 3 is 1.83 bits per heavy atom. The normalized spacial score (nSPS) is 11.9. The molecule has 6 heteroatoms. The summed E-state index contributed by atoms with van der Waals surface area (Å²) in [5.74, 6) is -1.45. The Balaban J connectivity index is 2.03. The summed E-state index contributed by atoms with van der Waals surface area (Å²) in [6.07, 6.45) is 3.17. The summed E-state index contributed by atoms with van der Waals surface area (Å²) in [6.45, 7) is 0. The van der Waals surface area contributed by atoms with Crippen LogP contribution >= 0.6 is 7.92 Å². The van der Waals surface area contributed by atoms with Crippen molar-refractivity contribution in [3.63, 3.8) is 0 Å². The maximum absolute atomic E-state index is 12.0. The van der Waals surface area contributed by atoms with Gasteiger partial charge in [0.2, 0.25) is 5.95 Å². The van der Waals surface area contributed by atoms with E-state index in [2.05, 4.69) is 15.3 Å². The largest absolute Gasteiger partial charge is 0.479 e. The number of nitrogens with zero attached hydrogens (tertiary/aromatic N) is 2. The van der Waals surface area contributed by atoms with E-state index in [9.17, 15) is 9.90 Å². The number of carboxylic acids is 1. The van der Waals surface area contributed by atoms with E-state index in [1.807, 2.05) is 60.7 Å². The molecule has 5 nitrogen and oxygen atoms in total. The van der Waals surface area contributed by atoms with Crippen LogP contribution in [0.25, 0.3) is 0 Å². The number of aliphatic carboxylic acids is 1. The van der Waals surface area contributed by atoms with Gasteiger partial charge in [-0.15, -0.1) is 0 Å². The summed E-state index contributed by atoms with van der Waals surface area (Å²) in [6, 6.07) is 21.1. The van der Waals surface area contributed by atoms with Crippen LogP contribution in [0.1, 0.15) is 0 Å². The number of benzene rings is 2. The molecule has 1 atom stereocenters. The average Bonchev–Trinajstić information content (AvgIpc) is 2.64. The van der Waals surface area contributed by atoms with Gasteiger partial charge >= 0.3 is 5.97 Å². The van der Waals surface area contributed by atoms with Gasteiger partial charge in [0, 0.05) is 12.4 Å². The summed E-state index contributed by atoms with van der Waals surface area (Å²) in [7, 11) is -1.17. The van der Waals surface area contributed by atoms with Crippen molar-refractivity contribution in [2.45, 2.75) is 5.78 Å². The molecule has 0 spiro atoms. The molecule has 1 heterocycles. The van der Waals surface area contributed by atoms with Gasteiger partial charge in [-0.2, -0.15) is 0 Å². The molecule has 0 radical (unpaired) electrons. The lowest BCUT2D eigenvalue weighted by atomic mass is 10.4. The predicted octanol–water partition coefficient (Wildman–Crippen LogP) is 2.43. The van der Waals surface area contributed by atoms with Crippen molar-refractivity contribution in [1.82, 2.24) is 9.97 Å². The number of hydrogen-bond acceptors (Lipinski definition) is 4. The minimum atomic E-state index is -1.17. The molecule has 0 amide bonds. The molecule has 1 unspecified atom stereocenters. The topological polar surface area (TPSA) is 75.1 Å². The Morgan fingerprint density at radius 1 is 0.875 bits per heavy atom. The summed E-state index contributed by atoms with van der Waals surface area (Å²) >= 11 is 0. The Morgan fingerprint density at radius 2 is 1.38 bits per heavy atom. The van der Waals surface area contributed by atoms with E-state index in [-0.39, 0.29) is 0 Å². The maximum Gasteiger partial charge on any atom is 0.331 e. The van der Waals surface area contributed by atoms with E-state index >= 15 is 0 Å². The number of aromatic nitrogens is 2. The summed E-state index contributed by atoms with van der Waals surface area (Å²) in [5, 5.41) is 14.8. The molecule has 2 aromatic carbocycles. The van der Waals surface area contributed by atoms with Gasteiger partial charge in [-0.05, 0) is 24.6 Å². The second-order valence-electron chi connectivity index (χ2n) is 5.00. The lowest BCUT2D eigenvalue weighted by molar-refractivity contribution is -0.135. The first-order chi connectivity index (χ1) is 11.8.